The maximum atomic E-state index is 12.6. The van der Waals surface area contributed by atoms with E-state index in [9.17, 15) is 19.5 Å². The molecular formula is C27H32N2O5. The highest BCUT2D eigenvalue weighted by atomic mass is 16.5. The third kappa shape index (κ3) is 6.43. The van der Waals surface area contributed by atoms with Crippen molar-refractivity contribution in [2.24, 2.45) is 11.8 Å². The molecule has 2 aliphatic rings. The number of ketones is 1. The molecule has 7 nitrogen and oxygen atoms in total. The topological polar surface area (TPSA) is 106 Å². The second-order valence-corrected chi connectivity index (χ2v) is 9.46. The number of carbonyl (C=O) groups excluding carboxylic acids is 2. The van der Waals surface area contributed by atoms with Gasteiger partial charge in [0.15, 0.2) is 0 Å². The number of fused-ring (bicyclic) bond motifs is 1. The monoisotopic (exact) mass is 464 g/mol. The molecule has 0 unspecified atom stereocenters. The molecule has 180 valence electrons. The van der Waals surface area contributed by atoms with Gasteiger partial charge in [0.05, 0.1) is 0 Å². The number of carbonyl (C=O) groups is 3. The summed E-state index contributed by atoms with van der Waals surface area (Å²) in [5.41, 5.74) is 4.54. The number of ether oxygens (including phenoxy) is 1. The van der Waals surface area contributed by atoms with Crippen LogP contribution in [0.3, 0.4) is 0 Å². The Morgan fingerprint density at radius 3 is 2.59 bits per heavy atom. The molecule has 2 aliphatic carbocycles. The lowest BCUT2D eigenvalue weighted by atomic mass is 9.70. The van der Waals surface area contributed by atoms with Gasteiger partial charge in [-0.1, -0.05) is 36.4 Å². The molecule has 34 heavy (non-hydrogen) atoms. The van der Waals surface area contributed by atoms with E-state index < -0.39 is 18.1 Å². The van der Waals surface area contributed by atoms with E-state index in [1.54, 1.807) is 0 Å². The van der Waals surface area contributed by atoms with Crippen LogP contribution in [-0.2, 0) is 40.2 Å². The highest BCUT2D eigenvalue weighted by Gasteiger charge is 2.35. The van der Waals surface area contributed by atoms with Gasteiger partial charge in [-0.15, -0.1) is 0 Å². The fraction of sp³-hybridized carbons (Fsp3) is 0.481. The van der Waals surface area contributed by atoms with E-state index in [1.165, 1.54) is 24.1 Å². The van der Waals surface area contributed by atoms with Gasteiger partial charge in [-0.25, -0.2) is 9.59 Å². The molecule has 2 N–H and O–H groups in total. The van der Waals surface area contributed by atoms with Crippen molar-refractivity contribution >= 4 is 17.8 Å². The normalized spacial score (nSPS) is 19.9. The number of Topliss-reactive ketones (excluding diaryl/α,β-unsaturated/α-hetero) is 1. The molecule has 1 heterocycles. The van der Waals surface area contributed by atoms with Crippen molar-refractivity contribution in [3.63, 3.8) is 0 Å². The van der Waals surface area contributed by atoms with E-state index in [4.69, 9.17) is 9.72 Å². The van der Waals surface area contributed by atoms with Gasteiger partial charge in [-0.2, -0.15) is 0 Å². The van der Waals surface area contributed by atoms with E-state index in [1.807, 2.05) is 30.3 Å². The fourth-order valence-electron chi connectivity index (χ4n) is 4.86. The fourth-order valence-corrected chi connectivity index (χ4v) is 4.86. The lowest BCUT2D eigenvalue weighted by Crippen LogP contribution is -2.42. The number of carboxylic acid groups (broad SMARTS) is 1. The Morgan fingerprint density at radius 1 is 1.06 bits per heavy atom. The van der Waals surface area contributed by atoms with Crippen molar-refractivity contribution in [1.82, 2.24) is 10.3 Å². The summed E-state index contributed by atoms with van der Waals surface area (Å²) in [5, 5.41) is 11.8. The molecular weight excluding hydrogens is 432 g/mol. The quantitative estimate of drug-likeness (QED) is 0.544. The van der Waals surface area contributed by atoms with Crippen LogP contribution >= 0.6 is 0 Å². The van der Waals surface area contributed by atoms with Gasteiger partial charge in [0.25, 0.3) is 0 Å². The third-order valence-electron chi connectivity index (χ3n) is 6.91. The lowest BCUT2D eigenvalue weighted by molar-refractivity contribution is -0.139. The van der Waals surface area contributed by atoms with Gasteiger partial charge < -0.3 is 15.2 Å². The first kappa shape index (κ1) is 23.9. The minimum absolute atomic E-state index is 0.0258. The van der Waals surface area contributed by atoms with Gasteiger partial charge in [-0.05, 0) is 74.5 Å². The minimum atomic E-state index is -1.17. The average molecular weight is 465 g/mol. The zero-order valence-corrected chi connectivity index (χ0v) is 19.4. The number of amides is 1. The summed E-state index contributed by atoms with van der Waals surface area (Å²) in [6.07, 6.45) is 6.56. The lowest BCUT2D eigenvalue weighted by Gasteiger charge is -2.34. The van der Waals surface area contributed by atoms with Crippen molar-refractivity contribution < 1.29 is 24.2 Å². The van der Waals surface area contributed by atoms with Gasteiger partial charge >= 0.3 is 12.1 Å². The number of hydrogen-bond acceptors (Lipinski definition) is 5. The van der Waals surface area contributed by atoms with Crippen LogP contribution in [0.2, 0.25) is 0 Å². The van der Waals surface area contributed by atoms with Crippen LogP contribution in [0.15, 0.2) is 42.5 Å². The van der Waals surface area contributed by atoms with Crippen LogP contribution in [0, 0.1) is 11.8 Å². The number of aliphatic carboxylic acids is 1. The number of aromatic nitrogens is 1. The maximum Gasteiger partial charge on any atom is 0.408 e. The predicted molar refractivity (Wildman–Crippen MR) is 126 cm³/mol. The molecule has 1 amide bonds. The number of carboxylic acids is 1. The van der Waals surface area contributed by atoms with Crippen LogP contribution in [0.5, 0.6) is 0 Å². The summed E-state index contributed by atoms with van der Waals surface area (Å²) in [6.45, 7) is 0.0560. The molecule has 0 saturated heterocycles. The van der Waals surface area contributed by atoms with Gasteiger partial charge in [0.1, 0.15) is 18.4 Å². The Labute approximate surface area is 199 Å². The first-order valence-electron chi connectivity index (χ1n) is 12.2. The smallest absolute Gasteiger partial charge is 0.408 e. The first-order valence-corrected chi connectivity index (χ1v) is 12.2. The second kappa shape index (κ2) is 11.3. The zero-order chi connectivity index (χ0) is 23.9. The molecule has 1 atom stereocenters. The SMILES string of the molecule is O=C(N[C@@H](CCC(=O)C1CC(Cc2ccc3c(n2)CCCC3)C1)C(=O)O)OCc1ccccc1. The number of benzene rings is 1. The van der Waals surface area contributed by atoms with Crippen LogP contribution < -0.4 is 5.32 Å². The first-order chi connectivity index (χ1) is 16.5. The number of aryl methyl sites for hydroxylation is 2. The van der Waals surface area contributed by atoms with E-state index in [0.717, 1.165) is 43.4 Å². The second-order valence-electron chi connectivity index (χ2n) is 9.46. The van der Waals surface area contributed by atoms with Crippen molar-refractivity contribution in [2.45, 2.75) is 70.4 Å². The van der Waals surface area contributed by atoms with Gasteiger partial charge in [0.2, 0.25) is 0 Å². The maximum absolute atomic E-state index is 12.6. The van der Waals surface area contributed by atoms with E-state index in [2.05, 4.69) is 17.4 Å². The number of nitrogens with one attached hydrogen (secondary N) is 1. The molecule has 0 aliphatic heterocycles. The van der Waals surface area contributed by atoms with Gasteiger partial charge in [-0.3, -0.25) is 9.78 Å². The van der Waals surface area contributed by atoms with Crippen molar-refractivity contribution in [3.8, 4) is 0 Å². The number of rotatable bonds is 10. The Kier molecular flexibility index (Phi) is 7.93. The van der Waals surface area contributed by atoms with E-state index in [-0.39, 0.29) is 31.1 Å². The molecule has 2 aromatic rings. The standard InChI is InChI=1S/C27H32N2O5/c30-25(13-12-24(26(31)32)29-27(33)34-17-18-6-2-1-3-7-18)21-14-19(15-21)16-22-11-10-20-8-4-5-9-23(20)28-22/h1-3,6-7,10-11,19,21,24H,4-5,8-9,12-17H2,(H,29,33)(H,31,32)/t19?,21?,24-/m0/s1. The van der Waals surface area contributed by atoms with E-state index >= 15 is 0 Å². The number of alkyl carbamates (subject to hydrolysis) is 1. The summed E-state index contributed by atoms with van der Waals surface area (Å²) < 4.78 is 5.10. The molecule has 1 saturated carbocycles. The Balaban J connectivity index is 1.17. The number of nitrogens with zero attached hydrogens (tertiary/aromatic N) is 1. The predicted octanol–water partition coefficient (Wildman–Crippen LogP) is 4.26. The highest BCUT2D eigenvalue weighted by molar-refractivity contribution is 5.84. The minimum Gasteiger partial charge on any atom is -0.480 e. The number of pyridine rings is 1. The Bertz CT molecular complexity index is 1020. The molecule has 0 radical (unpaired) electrons. The summed E-state index contributed by atoms with van der Waals surface area (Å²) in [5.74, 6) is -0.679. The largest absolute Gasteiger partial charge is 0.480 e. The summed E-state index contributed by atoms with van der Waals surface area (Å²) in [4.78, 5) is 41.0. The summed E-state index contributed by atoms with van der Waals surface area (Å²) in [6, 6.07) is 12.3. The highest BCUT2D eigenvalue weighted by Crippen LogP contribution is 2.37. The molecule has 4 rings (SSSR count). The van der Waals surface area contributed by atoms with Crippen molar-refractivity contribution in [2.75, 3.05) is 0 Å². The molecule has 1 aromatic heterocycles. The van der Waals surface area contributed by atoms with Gasteiger partial charge in [0, 0.05) is 23.7 Å². The van der Waals surface area contributed by atoms with Crippen molar-refractivity contribution in [3.05, 3.63) is 65.0 Å². The Morgan fingerprint density at radius 2 is 1.82 bits per heavy atom. The van der Waals surface area contributed by atoms with Crippen LogP contribution in [0.4, 0.5) is 4.79 Å². The number of hydrogen-bond donors (Lipinski definition) is 2. The van der Waals surface area contributed by atoms with Crippen molar-refractivity contribution in [1.29, 1.82) is 0 Å². The zero-order valence-electron chi connectivity index (χ0n) is 19.4. The Hall–Kier alpha value is -3.22. The molecule has 0 bridgehead atoms. The van der Waals surface area contributed by atoms with Crippen LogP contribution in [-0.4, -0.2) is 34.0 Å². The average Bonchev–Trinajstić information content (AvgIpc) is 2.82. The molecule has 1 fully saturated rings. The molecule has 1 aromatic carbocycles. The van der Waals surface area contributed by atoms with E-state index in [0.29, 0.717) is 5.92 Å². The van der Waals surface area contributed by atoms with Crippen LogP contribution in [0.25, 0.3) is 0 Å². The summed E-state index contributed by atoms with van der Waals surface area (Å²) >= 11 is 0. The summed E-state index contributed by atoms with van der Waals surface area (Å²) in [7, 11) is 0. The third-order valence-corrected chi connectivity index (χ3v) is 6.91. The molecule has 0 spiro atoms. The molecule has 7 heteroatoms. The van der Waals surface area contributed by atoms with Crippen LogP contribution in [0.1, 0.15) is 61.0 Å².